The Kier molecular flexibility index (Phi) is 7.21. The third kappa shape index (κ3) is 4.92. The highest BCUT2D eigenvalue weighted by molar-refractivity contribution is 5.46. The summed E-state index contributed by atoms with van der Waals surface area (Å²) < 4.78 is 44.4. The molecule has 0 bridgehead atoms. The van der Waals surface area contributed by atoms with Crippen molar-refractivity contribution in [1.29, 1.82) is 0 Å². The van der Waals surface area contributed by atoms with Crippen LogP contribution >= 0.6 is 0 Å². The van der Waals surface area contributed by atoms with Crippen LogP contribution in [-0.4, -0.2) is 40.8 Å². The second-order valence-electron chi connectivity index (χ2n) is 3.86. The Labute approximate surface area is 116 Å². The number of halogens is 2. The first-order chi connectivity index (χ1) is 9.62. The fraction of sp³-hybridized carbons (Fsp3) is 0.538. The highest BCUT2D eigenvalue weighted by Gasteiger charge is 2.15. The van der Waals surface area contributed by atoms with Crippen LogP contribution in [0.5, 0.6) is 11.5 Å². The number of hydrogen-bond acceptors (Lipinski definition) is 5. The van der Waals surface area contributed by atoms with Gasteiger partial charge in [0.25, 0.3) is 0 Å². The molecule has 0 heterocycles. The number of alkyl halides is 2. The van der Waals surface area contributed by atoms with E-state index in [9.17, 15) is 8.78 Å². The summed E-state index contributed by atoms with van der Waals surface area (Å²) in [4.78, 5) is 0. The van der Waals surface area contributed by atoms with E-state index in [4.69, 9.17) is 14.2 Å². The van der Waals surface area contributed by atoms with Crippen LogP contribution in [-0.2, 0) is 16.0 Å². The van der Waals surface area contributed by atoms with Crippen LogP contribution in [0.25, 0.3) is 0 Å². The Morgan fingerprint density at radius 2 is 1.85 bits per heavy atom. The van der Waals surface area contributed by atoms with Crippen molar-refractivity contribution in [2.45, 2.75) is 19.4 Å². The van der Waals surface area contributed by atoms with Gasteiger partial charge in [0, 0.05) is 32.9 Å². The molecule has 0 fully saturated rings. The van der Waals surface area contributed by atoms with Crippen LogP contribution in [0.15, 0.2) is 18.2 Å². The van der Waals surface area contributed by atoms with Crippen LogP contribution in [0.4, 0.5) is 8.78 Å². The molecule has 1 aromatic rings. The lowest BCUT2D eigenvalue weighted by atomic mass is 10.2. The number of methoxy groups -OCH3 is 3. The molecule has 7 heteroatoms. The van der Waals surface area contributed by atoms with E-state index in [0.29, 0.717) is 18.7 Å². The second kappa shape index (κ2) is 8.68. The molecule has 0 radical (unpaired) electrons. The van der Waals surface area contributed by atoms with Gasteiger partial charge in [0.15, 0.2) is 17.8 Å². The average Bonchev–Trinajstić information content (AvgIpc) is 2.44. The minimum atomic E-state index is -2.91. The molecular formula is C13H19F2NO4. The van der Waals surface area contributed by atoms with Gasteiger partial charge < -0.3 is 24.3 Å². The van der Waals surface area contributed by atoms with Crippen molar-refractivity contribution in [3.05, 3.63) is 23.8 Å². The molecule has 0 aliphatic rings. The van der Waals surface area contributed by atoms with Gasteiger partial charge in [-0.2, -0.15) is 8.78 Å². The first-order valence-electron chi connectivity index (χ1n) is 5.99. The van der Waals surface area contributed by atoms with Crippen LogP contribution in [0.2, 0.25) is 0 Å². The van der Waals surface area contributed by atoms with Crippen molar-refractivity contribution in [1.82, 2.24) is 5.32 Å². The van der Waals surface area contributed by atoms with Crippen LogP contribution in [0.3, 0.4) is 0 Å². The first kappa shape index (κ1) is 16.6. The largest absolute Gasteiger partial charge is 0.493 e. The number of benzene rings is 1. The normalized spacial score (nSPS) is 11.2. The maximum absolute atomic E-state index is 12.4. The third-order valence-electron chi connectivity index (χ3n) is 2.64. The highest BCUT2D eigenvalue weighted by atomic mass is 19.3. The molecule has 0 saturated heterocycles. The Morgan fingerprint density at radius 3 is 2.40 bits per heavy atom. The standard InChI is InChI=1S/C13H19F2NO4/c1-17-10-6-4-5-9(12(10)20-13(14)15)7-16-8-11(18-2)19-3/h4-6,11,13,16H,7-8H2,1-3H3. The topological polar surface area (TPSA) is 49.0 Å². The van der Waals surface area contributed by atoms with E-state index < -0.39 is 12.9 Å². The predicted octanol–water partition coefficient (Wildman–Crippen LogP) is 2.01. The fourth-order valence-corrected chi connectivity index (χ4v) is 1.67. The van der Waals surface area contributed by atoms with E-state index in [-0.39, 0.29) is 11.5 Å². The zero-order valence-electron chi connectivity index (χ0n) is 11.7. The van der Waals surface area contributed by atoms with Gasteiger partial charge in [-0.15, -0.1) is 0 Å². The van der Waals surface area contributed by atoms with Gasteiger partial charge in [-0.1, -0.05) is 12.1 Å². The van der Waals surface area contributed by atoms with Gasteiger partial charge >= 0.3 is 6.61 Å². The molecular weight excluding hydrogens is 272 g/mol. The summed E-state index contributed by atoms with van der Waals surface area (Å²) in [6.45, 7) is -2.17. The van der Waals surface area contributed by atoms with Gasteiger partial charge in [-0.25, -0.2) is 0 Å². The summed E-state index contributed by atoms with van der Waals surface area (Å²) in [5.41, 5.74) is 0.565. The van der Waals surface area contributed by atoms with Gasteiger partial charge in [0.05, 0.1) is 7.11 Å². The van der Waals surface area contributed by atoms with Crippen molar-refractivity contribution in [2.24, 2.45) is 0 Å². The minimum Gasteiger partial charge on any atom is -0.493 e. The van der Waals surface area contributed by atoms with Crippen molar-refractivity contribution < 1.29 is 27.7 Å². The molecule has 0 saturated carbocycles. The Bertz CT molecular complexity index is 400. The molecule has 0 unspecified atom stereocenters. The fourth-order valence-electron chi connectivity index (χ4n) is 1.67. The summed E-state index contributed by atoms with van der Waals surface area (Å²) in [5.74, 6) is 0.295. The maximum Gasteiger partial charge on any atom is 0.387 e. The molecule has 5 nitrogen and oxygen atoms in total. The molecule has 114 valence electrons. The molecule has 0 aliphatic carbocycles. The summed E-state index contributed by atoms with van der Waals surface area (Å²) >= 11 is 0. The van der Waals surface area contributed by atoms with Gasteiger partial charge in [-0.05, 0) is 6.07 Å². The lowest BCUT2D eigenvalue weighted by Gasteiger charge is -2.17. The lowest BCUT2D eigenvalue weighted by Crippen LogP contribution is -2.29. The summed E-state index contributed by atoms with van der Waals surface area (Å²) in [6.07, 6.45) is -0.403. The molecule has 0 spiro atoms. The van der Waals surface area contributed by atoms with E-state index in [1.165, 1.54) is 21.3 Å². The zero-order valence-corrected chi connectivity index (χ0v) is 11.7. The number of hydrogen-bond donors (Lipinski definition) is 1. The number of rotatable bonds is 9. The lowest BCUT2D eigenvalue weighted by molar-refractivity contribution is -0.0990. The summed E-state index contributed by atoms with van der Waals surface area (Å²) in [6, 6.07) is 4.95. The quantitative estimate of drug-likeness (QED) is 0.705. The first-order valence-corrected chi connectivity index (χ1v) is 5.99. The summed E-state index contributed by atoms with van der Waals surface area (Å²) in [5, 5.41) is 3.04. The highest BCUT2D eigenvalue weighted by Crippen LogP contribution is 2.32. The molecule has 0 amide bonds. The van der Waals surface area contributed by atoms with E-state index in [0.717, 1.165) is 0 Å². The zero-order chi connectivity index (χ0) is 15.0. The van der Waals surface area contributed by atoms with Crippen molar-refractivity contribution in [3.8, 4) is 11.5 Å². The average molecular weight is 291 g/mol. The minimum absolute atomic E-state index is 0.0314. The maximum atomic E-state index is 12.4. The summed E-state index contributed by atoms with van der Waals surface area (Å²) in [7, 11) is 4.44. The van der Waals surface area contributed by atoms with E-state index in [1.807, 2.05) is 0 Å². The SMILES string of the molecule is COc1cccc(CNCC(OC)OC)c1OC(F)F. The van der Waals surface area contributed by atoms with Gasteiger partial charge in [0.2, 0.25) is 0 Å². The van der Waals surface area contributed by atoms with E-state index in [2.05, 4.69) is 10.1 Å². The predicted molar refractivity (Wildman–Crippen MR) is 69.1 cm³/mol. The Morgan fingerprint density at radius 1 is 1.15 bits per heavy atom. The molecule has 0 atom stereocenters. The molecule has 0 aliphatic heterocycles. The molecule has 1 N–H and O–H groups in total. The number of para-hydroxylation sites is 1. The van der Waals surface area contributed by atoms with Crippen LogP contribution in [0, 0.1) is 0 Å². The number of ether oxygens (including phenoxy) is 4. The molecule has 20 heavy (non-hydrogen) atoms. The molecule has 0 aromatic heterocycles. The Hall–Kier alpha value is -1.44. The van der Waals surface area contributed by atoms with Crippen molar-refractivity contribution in [2.75, 3.05) is 27.9 Å². The molecule has 1 rings (SSSR count). The number of nitrogens with one attached hydrogen (secondary N) is 1. The van der Waals surface area contributed by atoms with Crippen LogP contribution in [0.1, 0.15) is 5.56 Å². The van der Waals surface area contributed by atoms with E-state index in [1.54, 1.807) is 18.2 Å². The van der Waals surface area contributed by atoms with Crippen molar-refractivity contribution >= 4 is 0 Å². The van der Waals surface area contributed by atoms with Gasteiger partial charge in [0.1, 0.15) is 0 Å². The Balaban J connectivity index is 2.73. The second-order valence-corrected chi connectivity index (χ2v) is 3.86. The smallest absolute Gasteiger partial charge is 0.387 e. The molecule has 1 aromatic carbocycles. The van der Waals surface area contributed by atoms with Crippen LogP contribution < -0.4 is 14.8 Å². The van der Waals surface area contributed by atoms with E-state index >= 15 is 0 Å². The van der Waals surface area contributed by atoms with Crippen molar-refractivity contribution in [3.63, 3.8) is 0 Å². The monoisotopic (exact) mass is 291 g/mol. The van der Waals surface area contributed by atoms with Gasteiger partial charge in [-0.3, -0.25) is 0 Å². The third-order valence-corrected chi connectivity index (χ3v) is 2.64.